The summed E-state index contributed by atoms with van der Waals surface area (Å²) < 4.78 is 5.86. The smallest absolute Gasteiger partial charge is 0.312 e. The van der Waals surface area contributed by atoms with Crippen molar-refractivity contribution in [3.05, 3.63) is 32.8 Å². The molecule has 0 spiro atoms. The Balaban J connectivity index is 3.06. The van der Waals surface area contributed by atoms with E-state index < -0.39 is 17.1 Å². The van der Waals surface area contributed by atoms with Crippen LogP contribution in [0.3, 0.4) is 0 Å². The SMILES string of the molecule is CC(O)C(C)Oc1c(Br)cccc1[N+](=O)[O-]. The molecule has 0 aliphatic rings. The van der Waals surface area contributed by atoms with E-state index in [0.717, 1.165) is 0 Å². The third-order valence-electron chi connectivity index (χ3n) is 2.13. The molecule has 2 unspecified atom stereocenters. The van der Waals surface area contributed by atoms with Crippen LogP contribution in [0.2, 0.25) is 0 Å². The van der Waals surface area contributed by atoms with Crippen LogP contribution in [-0.2, 0) is 0 Å². The lowest BCUT2D eigenvalue weighted by atomic mass is 10.2. The number of rotatable bonds is 4. The standard InChI is InChI=1S/C10H12BrNO4/c1-6(13)7(2)16-10-8(11)4-3-5-9(10)12(14)15/h3-7,13H,1-2H3. The monoisotopic (exact) mass is 289 g/mol. The van der Waals surface area contributed by atoms with Crippen molar-refractivity contribution in [2.75, 3.05) is 0 Å². The average Bonchev–Trinajstić information content (AvgIpc) is 2.20. The summed E-state index contributed by atoms with van der Waals surface area (Å²) in [5, 5.41) is 20.1. The summed E-state index contributed by atoms with van der Waals surface area (Å²) in [4.78, 5) is 10.2. The number of nitro groups is 1. The summed E-state index contributed by atoms with van der Waals surface area (Å²) in [5.74, 6) is 0.140. The molecule has 5 nitrogen and oxygen atoms in total. The Labute approximate surface area is 101 Å². The summed E-state index contributed by atoms with van der Waals surface area (Å²) in [5.41, 5.74) is -0.123. The molecule has 0 saturated heterocycles. The first-order valence-corrected chi connectivity index (χ1v) is 5.50. The van der Waals surface area contributed by atoms with Gasteiger partial charge in [0, 0.05) is 6.07 Å². The second-order valence-electron chi connectivity index (χ2n) is 3.41. The molecule has 0 aliphatic heterocycles. The van der Waals surface area contributed by atoms with E-state index in [2.05, 4.69) is 15.9 Å². The molecule has 0 fully saturated rings. The van der Waals surface area contributed by atoms with Gasteiger partial charge in [-0.3, -0.25) is 10.1 Å². The van der Waals surface area contributed by atoms with Crippen LogP contribution in [0.4, 0.5) is 5.69 Å². The molecule has 1 aromatic carbocycles. The predicted molar refractivity (Wildman–Crippen MR) is 62.6 cm³/mol. The molecule has 6 heteroatoms. The van der Waals surface area contributed by atoms with Crippen LogP contribution in [0.25, 0.3) is 0 Å². The summed E-state index contributed by atoms with van der Waals surface area (Å²) in [6, 6.07) is 4.56. The van der Waals surface area contributed by atoms with Crippen molar-refractivity contribution in [2.45, 2.75) is 26.1 Å². The highest BCUT2D eigenvalue weighted by Gasteiger charge is 2.21. The fourth-order valence-electron chi connectivity index (χ4n) is 1.04. The first-order chi connectivity index (χ1) is 7.43. The number of para-hydroxylation sites is 1. The molecular weight excluding hydrogens is 278 g/mol. The minimum atomic E-state index is -0.702. The zero-order chi connectivity index (χ0) is 12.3. The molecule has 0 aliphatic carbocycles. The van der Waals surface area contributed by atoms with Crippen molar-refractivity contribution in [3.8, 4) is 5.75 Å². The molecule has 1 rings (SSSR count). The van der Waals surface area contributed by atoms with E-state index in [0.29, 0.717) is 4.47 Å². The van der Waals surface area contributed by atoms with Crippen molar-refractivity contribution >= 4 is 21.6 Å². The Morgan fingerprint density at radius 1 is 1.50 bits per heavy atom. The maximum atomic E-state index is 10.8. The van der Waals surface area contributed by atoms with Gasteiger partial charge in [0.2, 0.25) is 5.75 Å². The van der Waals surface area contributed by atoms with Gasteiger partial charge in [-0.05, 0) is 35.8 Å². The highest BCUT2D eigenvalue weighted by Crippen LogP contribution is 2.35. The summed E-state index contributed by atoms with van der Waals surface area (Å²) in [7, 11) is 0. The second-order valence-corrected chi connectivity index (χ2v) is 4.26. The predicted octanol–water partition coefficient (Wildman–Crippen LogP) is 2.51. The van der Waals surface area contributed by atoms with Crippen LogP contribution in [-0.4, -0.2) is 22.2 Å². The first-order valence-electron chi connectivity index (χ1n) is 4.71. The minimum absolute atomic E-state index is 0.123. The van der Waals surface area contributed by atoms with Crippen LogP contribution in [0.15, 0.2) is 22.7 Å². The highest BCUT2D eigenvalue weighted by atomic mass is 79.9. The number of halogens is 1. The number of aliphatic hydroxyl groups is 1. The van der Waals surface area contributed by atoms with E-state index in [1.54, 1.807) is 26.0 Å². The molecule has 1 aromatic rings. The van der Waals surface area contributed by atoms with Gasteiger partial charge in [0.15, 0.2) is 0 Å². The zero-order valence-electron chi connectivity index (χ0n) is 8.88. The van der Waals surface area contributed by atoms with E-state index in [9.17, 15) is 15.2 Å². The minimum Gasteiger partial charge on any atom is -0.480 e. The quantitative estimate of drug-likeness (QED) is 0.683. The highest BCUT2D eigenvalue weighted by molar-refractivity contribution is 9.10. The van der Waals surface area contributed by atoms with E-state index >= 15 is 0 Å². The topological polar surface area (TPSA) is 72.6 Å². The van der Waals surface area contributed by atoms with Crippen molar-refractivity contribution in [1.29, 1.82) is 0 Å². The second kappa shape index (κ2) is 5.27. The van der Waals surface area contributed by atoms with Crippen molar-refractivity contribution in [3.63, 3.8) is 0 Å². The zero-order valence-corrected chi connectivity index (χ0v) is 10.5. The Kier molecular flexibility index (Phi) is 4.26. The number of benzene rings is 1. The van der Waals surface area contributed by atoms with Gasteiger partial charge in [-0.2, -0.15) is 0 Å². The van der Waals surface area contributed by atoms with Gasteiger partial charge in [-0.25, -0.2) is 0 Å². The molecule has 88 valence electrons. The number of ether oxygens (including phenoxy) is 1. The fourth-order valence-corrected chi connectivity index (χ4v) is 1.49. The van der Waals surface area contributed by atoms with Crippen molar-refractivity contribution in [2.24, 2.45) is 0 Å². The lowest BCUT2D eigenvalue weighted by molar-refractivity contribution is -0.386. The molecular formula is C10H12BrNO4. The molecule has 0 radical (unpaired) electrons. The molecule has 0 bridgehead atoms. The maximum Gasteiger partial charge on any atom is 0.312 e. The van der Waals surface area contributed by atoms with Gasteiger partial charge < -0.3 is 9.84 Å². The number of aliphatic hydroxyl groups excluding tert-OH is 1. The number of nitrogens with zero attached hydrogens (tertiary/aromatic N) is 1. The Hall–Kier alpha value is -1.14. The molecule has 0 heterocycles. The van der Waals surface area contributed by atoms with Crippen LogP contribution in [0, 0.1) is 10.1 Å². The molecule has 0 aromatic heterocycles. The largest absolute Gasteiger partial charge is 0.480 e. The normalized spacial score (nSPS) is 14.2. The molecule has 1 N–H and O–H groups in total. The van der Waals surface area contributed by atoms with Crippen LogP contribution < -0.4 is 4.74 Å². The summed E-state index contributed by atoms with van der Waals surface area (Å²) >= 11 is 3.18. The van der Waals surface area contributed by atoms with Gasteiger partial charge in [0.05, 0.1) is 15.5 Å². The Morgan fingerprint density at radius 3 is 2.62 bits per heavy atom. The van der Waals surface area contributed by atoms with Gasteiger partial charge >= 0.3 is 5.69 Å². The summed E-state index contributed by atoms with van der Waals surface area (Å²) in [6.07, 6.45) is -1.22. The number of hydrogen-bond acceptors (Lipinski definition) is 4. The third kappa shape index (κ3) is 2.93. The van der Waals surface area contributed by atoms with E-state index in [1.807, 2.05) is 0 Å². The van der Waals surface area contributed by atoms with Crippen LogP contribution in [0.1, 0.15) is 13.8 Å². The Bertz CT molecular complexity index is 394. The van der Waals surface area contributed by atoms with E-state index in [-0.39, 0.29) is 11.4 Å². The van der Waals surface area contributed by atoms with Gasteiger partial charge in [0.1, 0.15) is 6.10 Å². The lowest BCUT2D eigenvalue weighted by Gasteiger charge is -2.17. The van der Waals surface area contributed by atoms with Crippen LogP contribution >= 0.6 is 15.9 Å². The molecule has 16 heavy (non-hydrogen) atoms. The molecule has 0 amide bonds. The fraction of sp³-hybridized carbons (Fsp3) is 0.400. The maximum absolute atomic E-state index is 10.8. The molecule has 0 saturated carbocycles. The van der Waals surface area contributed by atoms with Crippen molar-refractivity contribution < 1.29 is 14.8 Å². The van der Waals surface area contributed by atoms with Gasteiger partial charge in [-0.15, -0.1) is 0 Å². The lowest BCUT2D eigenvalue weighted by Crippen LogP contribution is -2.26. The van der Waals surface area contributed by atoms with Crippen molar-refractivity contribution in [1.82, 2.24) is 0 Å². The van der Waals surface area contributed by atoms with Gasteiger partial charge in [-0.1, -0.05) is 6.07 Å². The van der Waals surface area contributed by atoms with E-state index in [1.165, 1.54) is 6.07 Å². The number of hydrogen-bond donors (Lipinski definition) is 1. The Morgan fingerprint density at radius 2 is 2.12 bits per heavy atom. The molecule has 2 atom stereocenters. The van der Waals surface area contributed by atoms with Crippen LogP contribution in [0.5, 0.6) is 5.75 Å². The van der Waals surface area contributed by atoms with E-state index in [4.69, 9.17) is 4.74 Å². The number of nitro benzene ring substituents is 1. The summed E-state index contributed by atoms with van der Waals surface area (Å²) in [6.45, 7) is 3.21. The average molecular weight is 290 g/mol. The first kappa shape index (κ1) is 12.9. The third-order valence-corrected chi connectivity index (χ3v) is 2.75. The van der Waals surface area contributed by atoms with Gasteiger partial charge in [0.25, 0.3) is 0 Å².